The average Bonchev–Trinajstić information content (AvgIpc) is 1.79. The third-order valence-corrected chi connectivity index (χ3v) is 2.57. The Morgan fingerprint density at radius 3 is 2.46 bits per heavy atom. The van der Waals surface area contributed by atoms with Crippen LogP contribution in [-0.4, -0.2) is 35.7 Å². The number of hydrogen-bond donors (Lipinski definition) is 3. The highest BCUT2D eigenvalue weighted by molar-refractivity contribution is 5.80. The Balaban J connectivity index is 2.35. The molecule has 0 spiro atoms. The van der Waals surface area contributed by atoms with Crippen LogP contribution in [0, 0.1) is 5.92 Å². The summed E-state index contributed by atoms with van der Waals surface area (Å²) in [6, 6.07) is -0.208. The van der Waals surface area contributed by atoms with Crippen LogP contribution in [-0.2, 0) is 4.79 Å². The lowest BCUT2D eigenvalue weighted by Crippen LogP contribution is -2.55. The van der Waals surface area contributed by atoms with Crippen LogP contribution in [0.25, 0.3) is 0 Å². The molecule has 0 radical (unpaired) electrons. The van der Waals surface area contributed by atoms with Crippen LogP contribution in [0.4, 0.5) is 0 Å². The number of rotatable bonds is 3. The third kappa shape index (κ3) is 2.67. The van der Waals surface area contributed by atoms with Crippen LogP contribution >= 0.6 is 0 Å². The summed E-state index contributed by atoms with van der Waals surface area (Å²) in [5.41, 5.74) is -0.854. The number of carbonyl (C=O) groups excluding carboxylic acids is 1. The van der Waals surface area contributed by atoms with E-state index in [9.17, 15) is 9.90 Å². The number of carbonyl (C=O) groups is 1. The predicted octanol–water partition coefficient (Wildman–Crippen LogP) is -0.519. The standard InChI is InChI=1S/C9H18N2O2/c1-6(9(2,3)13)11-8(12)7-4-10-5-7/h6-7,10,13H,4-5H2,1-3H3,(H,11,12). The van der Waals surface area contributed by atoms with Crippen molar-refractivity contribution in [1.29, 1.82) is 0 Å². The van der Waals surface area contributed by atoms with Gasteiger partial charge in [0.1, 0.15) is 0 Å². The maximum Gasteiger partial charge on any atom is 0.225 e. The lowest BCUT2D eigenvalue weighted by Gasteiger charge is -2.31. The Morgan fingerprint density at radius 1 is 1.62 bits per heavy atom. The van der Waals surface area contributed by atoms with Crippen molar-refractivity contribution >= 4 is 5.91 Å². The molecule has 1 heterocycles. The zero-order valence-corrected chi connectivity index (χ0v) is 8.42. The smallest absolute Gasteiger partial charge is 0.225 e. The summed E-state index contributed by atoms with van der Waals surface area (Å²) in [6.45, 7) is 6.70. The molecule has 4 nitrogen and oxygen atoms in total. The molecule has 1 fully saturated rings. The molecular formula is C9H18N2O2. The second-order valence-electron chi connectivity index (χ2n) is 4.24. The van der Waals surface area contributed by atoms with E-state index in [1.54, 1.807) is 13.8 Å². The fourth-order valence-corrected chi connectivity index (χ4v) is 0.982. The molecule has 0 aromatic heterocycles. The molecule has 1 atom stereocenters. The fourth-order valence-electron chi connectivity index (χ4n) is 0.982. The van der Waals surface area contributed by atoms with Gasteiger partial charge in [-0.1, -0.05) is 0 Å². The van der Waals surface area contributed by atoms with Gasteiger partial charge in [-0.3, -0.25) is 4.79 Å². The monoisotopic (exact) mass is 186 g/mol. The van der Waals surface area contributed by atoms with E-state index in [-0.39, 0.29) is 17.9 Å². The summed E-state index contributed by atoms with van der Waals surface area (Å²) in [4.78, 5) is 11.4. The molecule has 1 aliphatic rings. The summed E-state index contributed by atoms with van der Waals surface area (Å²) in [5, 5.41) is 15.4. The maximum atomic E-state index is 11.4. The Kier molecular flexibility index (Phi) is 2.93. The van der Waals surface area contributed by atoms with Gasteiger partial charge in [0.25, 0.3) is 0 Å². The van der Waals surface area contributed by atoms with E-state index < -0.39 is 5.60 Å². The Bertz CT molecular complexity index is 194. The first-order chi connectivity index (χ1) is 5.91. The molecule has 0 aliphatic carbocycles. The molecule has 0 saturated carbocycles. The molecule has 0 aromatic carbocycles. The number of nitrogens with one attached hydrogen (secondary N) is 2. The maximum absolute atomic E-state index is 11.4. The summed E-state index contributed by atoms with van der Waals surface area (Å²) >= 11 is 0. The SMILES string of the molecule is CC(NC(=O)C1CNC1)C(C)(C)O. The van der Waals surface area contributed by atoms with Gasteiger partial charge in [-0.2, -0.15) is 0 Å². The lowest BCUT2D eigenvalue weighted by atomic mass is 9.98. The highest BCUT2D eigenvalue weighted by Crippen LogP contribution is 2.09. The molecule has 1 unspecified atom stereocenters. The Labute approximate surface area is 78.7 Å². The predicted molar refractivity (Wildman–Crippen MR) is 50.3 cm³/mol. The Hall–Kier alpha value is -0.610. The Morgan fingerprint density at radius 2 is 2.15 bits per heavy atom. The number of amides is 1. The number of hydrogen-bond acceptors (Lipinski definition) is 3. The van der Waals surface area contributed by atoms with Gasteiger partial charge in [-0.15, -0.1) is 0 Å². The van der Waals surface area contributed by atoms with Gasteiger partial charge < -0.3 is 15.7 Å². The number of aliphatic hydroxyl groups is 1. The van der Waals surface area contributed by atoms with Gasteiger partial charge in [0.2, 0.25) is 5.91 Å². The molecule has 3 N–H and O–H groups in total. The zero-order chi connectivity index (χ0) is 10.1. The first kappa shape index (κ1) is 10.5. The molecular weight excluding hydrogens is 168 g/mol. The highest BCUT2D eigenvalue weighted by atomic mass is 16.3. The van der Waals surface area contributed by atoms with Crippen LogP contribution in [0.1, 0.15) is 20.8 Å². The molecule has 13 heavy (non-hydrogen) atoms. The van der Waals surface area contributed by atoms with Gasteiger partial charge in [-0.05, 0) is 20.8 Å². The van der Waals surface area contributed by atoms with E-state index in [4.69, 9.17) is 0 Å². The summed E-state index contributed by atoms with van der Waals surface area (Å²) < 4.78 is 0. The van der Waals surface area contributed by atoms with Gasteiger partial charge in [0.15, 0.2) is 0 Å². The molecule has 4 heteroatoms. The second-order valence-corrected chi connectivity index (χ2v) is 4.24. The van der Waals surface area contributed by atoms with Crippen LogP contribution in [0.3, 0.4) is 0 Å². The van der Waals surface area contributed by atoms with Crippen molar-refractivity contribution in [2.24, 2.45) is 5.92 Å². The van der Waals surface area contributed by atoms with Crippen molar-refractivity contribution in [2.45, 2.75) is 32.4 Å². The molecule has 1 amide bonds. The molecule has 0 bridgehead atoms. The highest BCUT2D eigenvalue weighted by Gasteiger charge is 2.29. The molecule has 0 aromatic rings. The molecule has 1 rings (SSSR count). The van der Waals surface area contributed by atoms with E-state index in [0.29, 0.717) is 0 Å². The average molecular weight is 186 g/mol. The van der Waals surface area contributed by atoms with Gasteiger partial charge in [-0.25, -0.2) is 0 Å². The largest absolute Gasteiger partial charge is 0.388 e. The molecule has 76 valence electrons. The summed E-state index contributed by atoms with van der Waals surface area (Å²) in [6.07, 6.45) is 0. The zero-order valence-electron chi connectivity index (χ0n) is 8.42. The van der Waals surface area contributed by atoms with E-state index in [2.05, 4.69) is 10.6 Å². The van der Waals surface area contributed by atoms with Crippen molar-refractivity contribution in [3.8, 4) is 0 Å². The van der Waals surface area contributed by atoms with Gasteiger partial charge in [0.05, 0.1) is 17.6 Å². The third-order valence-electron chi connectivity index (χ3n) is 2.57. The lowest BCUT2D eigenvalue weighted by molar-refractivity contribution is -0.128. The van der Waals surface area contributed by atoms with Crippen LogP contribution in [0.2, 0.25) is 0 Å². The van der Waals surface area contributed by atoms with Crippen molar-refractivity contribution < 1.29 is 9.90 Å². The first-order valence-electron chi connectivity index (χ1n) is 4.64. The fraction of sp³-hybridized carbons (Fsp3) is 0.889. The normalized spacial score (nSPS) is 20.6. The van der Waals surface area contributed by atoms with Crippen molar-refractivity contribution in [1.82, 2.24) is 10.6 Å². The molecule has 1 saturated heterocycles. The minimum Gasteiger partial charge on any atom is -0.388 e. The van der Waals surface area contributed by atoms with E-state index in [1.807, 2.05) is 6.92 Å². The summed E-state index contributed by atoms with van der Waals surface area (Å²) in [7, 11) is 0. The van der Waals surface area contributed by atoms with Crippen molar-refractivity contribution in [3.63, 3.8) is 0 Å². The van der Waals surface area contributed by atoms with Crippen molar-refractivity contribution in [3.05, 3.63) is 0 Å². The van der Waals surface area contributed by atoms with Gasteiger partial charge >= 0.3 is 0 Å². The van der Waals surface area contributed by atoms with Crippen LogP contribution in [0.5, 0.6) is 0 Å². The topological polar surface area (TPSA) is 61.4 Å². The van der Waals surface area contributed by atoms with E-state index in [1.165, 1.54) is 0 Å². The quantitative estimate of drug-likeness (QED) is 0.556. The summed E-state index contributed by atoms with van der Waals surface area (Å²) in [5.74, 6) is 0.123. The minimum atomic E-state index is -0.854. The first-order valence-corrected chi connectivity index (χ1v) is 4.64. The second kappa shape index (κ2) is 3.64. The van der Waals surface area contributed by atoms with Gasteiger partial charge in [0, 0.05) is 13.1 Å². The van der Waals surface area contributed by atoms with E-state index >= 15 is 0 Å². The molecule has 1 aliphatic heterocycles. The van der Waals surface area contributed by atoms with Crippen LogP contribution < -0.4 is 10.6 Å². The minimum absolute atomic E-state index is 0.0355. The van der Waals surface area contributed by atoms with Crippen LogP contribution in [0.15, 0.2) is 0 Å². The van der Waals surface area contributed by atoms with Crippen molar-refractivity contribution in [2.75, 3.05) is 13.1 Å². The van der Waals surface area contributed by atoms with E-state index in [0.717, 1.165) is 13.1 Å².